The molecular weight excluding hydrogens is 312 g/mol. The molecule has 18 heavy (non-hydrogen) atoms. The Bertz CT molecular complexity index is 497. The lowest BCUT2D eigenvalue weighted by atomic mass is 10.3. The molecule has 2 aromatic rings. The lowest BCUT2D eigenvalue weighted by molar-refractivity contribution is 0.587. The Labute approximate surface area is 119 Å². The normalized spacial score (nSPS) is 12.4. The first-order chi connectivity index (χ1) is 8.69. The van der Waals surface area contributed by atoms with E-state index in [1.807, 2.05) is 12.1 Å². The zero-order valence-corrected chi connectivity index (χ0v) is 12.7. The van der Waals surface area contributed by atoms with Crippen LogP contribution in [0.2, 0.25) is 0 Å². The standard InChI is InChI=1S/C12H15BrN4S/c1-3-14-8(2)10-7-18-12(16-10)17-11-5-4-9(13)6-15-11/h4-8,14H,3H2,1-2H3,(H,15,16,17). The number of hydrogen-bond donors (Lipinski definition) is 2. The first-order valence-electron chi connectivity index (χ1n) is 5.76. The van der Waals surface area contributed by atoms with Crippen LogP contribution in [0.25, 0.3) is 0 Å². The minimum absolute atomic E-state index is 0.277. The van der Waals surface area contributed by atoms with Gasteiger partial charge in [-0.25, -0.2) is 9.97 Å². The average Bonchev–Trinajstić information content (AvgIpc) is 2.81. The van der Waals surface area contributed by atoms with Gasteiger partial charge in [0.15, 0.2) is 5.13 Å². The van der Waals surface area contributed by atoms with Gasteiger partial charge < -0.3 is 10.6 Å². The van der Waals surface area contributed by atoms with Gasteiger partial charge in [0.25, 0.3) is 0 Å². The van der Waals surface area contributed by atoms with E-state index in [1.165, 1.54) is 0 Å². The van der Waals surface area contributed by atoms with Gasteiger partial charge in [0.2, 0.25) is 0 Å². The Hall–Kier alpha value is -0.980. The van der Waals surface area contributed by atoms with E-state index in [-0.39, 0.29) is 6.04 Å². The second-order valence-electron chi connectivity index (χ2n) is 3.84. The number of nitrogens with zero attached hydrogens (tertiary/aromatic N) is 2. The van der Waals surface area contributed by atoms with Gasteiger partial charge in [-0.1, -0.05) is 6.92 Å². The molecule has 6 heteroatoms. The van der Waals surface area contributed by atoms with Crippen LogP contribution in [0.5, 0.6) is 0 Å². The fourth-order valence-electron chi connectivity index (χ4n) is 1.51. The number of halogens is 1. The summed E-state index contributed by atoms with van der Waals surface area (Å²) in [6.07, 6.45) is 1.76. The minimum Gasteiger partial charge on any atom is -0.316 e. The monoisotopic (exact) mass is 326 g/mol. The van der Waals surface area contributed by atoms with E-state index in [4.69, 9.17) is 0 Å². The lowest BCUT2D eigenvalue weighted by Crippen LogP contribution is -2.17. The zero-order valence-electron chi connectivity index (χ0n) is 10.3. The van der Waals surface area contributed by atoms with E-state index in [1.54, 1.807) is 17.5 Å². The molecule has 0 saturated heterocycles. The number of nitrogens with one attached hydrogen (secondary N) is 2. The van der Waals surface area contributed by atoms with Gasteiger partial charge in [-0.3, -0.25) is 0 Å². The molecule has 2 rings (SSSR count). The molecule has 0 saturated carbocycles. The number of anilines is 2. The van der Waals surface area contributed by atoms with Gasteiger partial charge in [-0.2, -0.15) is 0 Å². The summed E-state index contributed by atoms with van der Waals surface area (Å²) in [5, 5.41) is 9.47. The summed E-state index contributed by atoms with van der Waals surface area (Å²) in [6, 6.07) is 4.14. The number of pyridine rings is 1. The van der Waals surface area contributed by atoms with Gasteiger partial charge >= 0.3 is 0 Å². The Morgan fingerprint density at radius 1 is 1.44 bits per heavy atom. The molecule has 0 aliphatic heterocycles. The number of rotatable bonds is 5. The average molecular weight is 327 g/mol. The Balaban J connectivity index is 2.04. The van der Waals surface area contributed by atoms with Gasteiger partial charge in [0, 0.05) is 22.1 Å². The van der Waals surface area contributed by atoms with Crippen molar-refractivity contribution < 1.29 is 0 Å². The summed E-state index contributed by atoms with van der Waals surface area (Å²) in [7, 11) is 0. The lowest BCUT2D eigenvalue weighted by Gasteiger charge is -2.08. The molecule has 0 radical (unpaired) electrons. The first-order valence-corrected chi connectivity index (χ1v) is 7.43. The van der Waals surface area contributed by atoms with Crippen LogP contribution < -0.4 is 10.6 Å². The molecule has 0 fully saturated rings. The highest BCUT2D eigenvalue weighted by Gasteiger charge is 2.09. The molecule has 4 nitrogen and oxygen atoms in total. The molecule has 0 amide bonds. The van der Waals surface area contributed by atoms with Crippen molar-refractivity contribution >= 4 is 38.2 Å². The van der Waals surface area contributed by atoms with Gasteiger partial charge in [-0.15, -0.1) is 11.3 Å². The molecular formula is C12H15BrN4S. The molecule has 0 aliphatic carbocycles. The quantitative estimate of drug-likeness (QED) is 0.879. The van der Waals surface area contributed by atoms with Crippen molar-refractivity contribution in [2.24, 2.45) is 0 Å². The molecule has 0 aromatic carbocycles. The molecule has 1 unspecified atom stereocenters. The summed E-state index contributed by atoms with van der Waals surface area (Å²) in [6.45, 7) is 5.14. The van der Waals surface area contributed by atoms with Crippen molar-refractivity contribution in [3.05, 3.63) is 33.9 Å². The second kappa shape index (κ2) is 6.26. The maximum Gasteiger partial charge on any atom is 0.188 e. The van der Waals surface area contributed by atoms with E-state index in [9.17, 15) is 0 Å². The van der Waals surface area contributed by atoms with Crippen LogP contribution in [0.1, 0.15) is 25.6 Å². The molecule has 0 spiro atoms. The maximum absolute atomic E-state index is 4.54. The Kier molecular flexibility index (Phi) is 4.68. The van der Waals surface area contributed by atoms with E-state index in [0.29, 0.717) is 0 Å². The summed E-state index contributed by atoms with van der Waals surface area (Å²) in [5.74, 6) is 0.801. The third-order valence-corrected chi connectivity index (χ3v) is 3.68. The molecule has 2 heterocycles. The predicted octanol–water partition coefficient (Wildman–Crippen LogP) is 3.71. The largest absolute Gasteiger partial charge is 0.316 e. The van der Waals surface area contributed by atoms with Crippen molar-refractivity contribution in [3.63, 3.8) is 0 Å². The van der Waals surface area contributed by atoms with Crippen molar-refractivity contribution in [3.8, 4) is 0 Å². The fourth-order valence-corrected chi connectivity index (χ4v) is 2.56. The van der Waals surface area contributed by atoms with Crippen molar-refractivity contribution in [1.82, 2.24) is 15.3 Å². The number of aromatic nitrogens is 2. The third-order valence-electron chi connectivity index (χ3n) is 2.44. The van der Waals surface area contributed by atoms with E-state index in [0.717, 1.165) is 27.7 Å². The highest BCUT2D eigenvalue weighted by atomic mass is 79.9. The predicted molar refractivity (Wildman–Crippen MR) is 79.4 cm³/mol. The highest BCUT2D eigenvalue weighted by Crippen LogP contribution is 2.23. The molecule has 2 N–H and O–H groups in total. The van der Waals surface area contributed by atoms with Gasteiger partial charge in [0.05, 0.1) is 5.69 Å². The van der Waals surface area contributed by atoms with Crippen LogP contribution in [0.4, 0.5) is 10.9 Å². The second-order valence-corrected chi connectivity index (χ2v) is 5.62. The van der Waals surface area contributed by atoms with Crippen molar-refractivity contribution in [2.75, 3.05) is 11.9 Å². The Morgan fingerprint density at radius 2 is 2.28 bits per heavy atom. The van der Waals surface area contributed by atoms with Crippen LogP contribution in [-0.4, -0.2) is 16.5 Å². The van der Waals surface area contributed by atoms with Crippen LogP contribution in [0, 0.1) is 0 Å². The minimum atomic E-state index is 0.277. The molecule has 1 atom stereocenters. The molecule has 0 bridgehead atoms. The summed E-state index contributed by atoms with van der Waals surface area (Å²) in [5.41, 5.74) is 1.06. The van der Waals surface area contributed by atoms with Crippen LogP contribution in [-0.2, 0) is 0 Å². The molecule has 2 aromatic heterocycles. The summed E-state index contributed by atoms with van der Waals surface area (Å²) >= 11 is 4.95. The van der Waals surface area contributed by atoms with Crippen molar-refractivity contribution in [1.29, 1.82) is 0 Å². The third kappa shape index (κ3) is 3.51. The van der Waals surface area contributed by atoms with E-state index in [2.05, 4.69) is 55.8 Å². The topological polar surface area (TPSA) is 49.8 Å². The molecule has 96 valence electrons. The number of hydrogen-bond acceptors (Lipinski definition) is 5. The smallest absolute Gasteiger partial charge is 0.188 e. The van der Waals surface area contributed by atoms with Crippen LogP contribution in [0.15, 0.2) is 28.2 Å². The summed E-state index contributed by atoms with van der Waals surface area (Å²) < 4.78 is 0.966. The SMILES string of the molecule is CCNC(C)c1csc(Nc2ccc(Br)cn2)n1. The fraction of sp³-hybridized carbons (Fsp3) is 0.333. The highest BCUT2D eigenvalue weighted by molar-refractivity contribution is 9.10. The van der Waals surface area contributed by atoms with Gasteiger partial charge in [-0.05, 0) is 41.5 Å². The van der Waals surface area contributed by atoms with Gasteiger partial charge in [0.1, 0.15) is 5.82 Å². The van der Waals surface area contributed by atoms with Crippen molar-refractivity contribution in [2.45, 2.75) is 19.9 Å². The molecule has 0 aliphatic rings. The Morgan fingerprint density at radius 3 is 2.94 bits per heavy atom. The maximum atomic E-state index is 4.54. The number of thiazole rings is 1. The zero-order chi connectivity index (χ0) is 13.0. The van der Waals surface area contributed by atoms with E-state index < -0.39 is 0 Å². The van der Waals surface area contributed by atoms with E-state index >= 15 is 0 Å². The van der Waals surface area contributed by atoms with Crippen LogP contribution in [0.3, 0.4) is 0 Å². The summed E-state index contributed by atoms with van der Waals surface area (Å²) in [4.78, 5) is 8.80. The van der Waals surface area contributed by atoms with Crippen LogP contribution >= 0.6 is 27.3 Å². The first kappa shape index (κ1) is 13.5.